The highest BCUT2D eigenvalue weighted by atomic mass is 16.5. The van der Waals surface area contributed by atoms with Gasteiger partial charge in [0, 0.05) is 25.1 Å². The van der Waals surface area contributed by atoms with E-state index in [9.17, 15) is 5.11 Å². The molecule has 2 rings (SSSR count). The number of benzene rings is 1. The van der Waals surface area contributed by atoms with E-state index >= 15 is 0 Å². The van der Waals surface area contributed by atoms with Crippen molar-refractivity contribution in [3.8, 4) is 0 Å². The summed E-state index contributed by atoms with van der Waals surface area (Å²) in [7, 11) is 1.58. The van der Waals surface area contributed by atoms with Gasteiger partial charge in [0.05, 0.1) is 6.61 Å². The van der Waals surface area contributed by atoms with Crippen molar-refractivity contribution in [2.45, 2.75) is 12.5 Å². The van der Waals surface area contributed by atoms with Crippen LogP contribution in [0.1, 0.15) is 16.7 Å². The summed E-state index contributed by atoms with van der Waals surface area (Å²) < 4.78 is 5.19. The molecule has 0 spiro atoms. The van der Waals surface area contributed by atoms with Gasteiger partial charge in [0.1, 0.15) is 5.60 Å². The first kappa shape index (κ1) is 12.7. The summed E-state index contributed by atoms with van der Waals surface area (Å²) >= 11 is 0. The van der Waals surface area contributed by atoms with Gasteiger partial charge in [0.15, 0.2) is 0 Å². The van der Waals surface area contributed by atoms with E-state index in [2.05, 4.69) is 4.98 Å². The fraction of sp³-hybridized carbons (Fsp3) is 0.267. The molecule has 1 unspecified atom stereocenters. The number of rotatable bonds is 4. The topological polar surface area (TPSA) is 42.4 Å². The van der Waals surface area contributed by atoms with E-state index < -0.39 is 5.60 Å². The summed E-state index contributed by atoms with van der Waals surface area (Å²) in [6.45, 7) is 2.16. The minimum atomic E-state index is -1.16. The molecule has 1 aromatic carbocycles. The molecular formula is C15H17NO2. The maximum Gasteiger partial charge on any atom is 0.140 e. The molecule has 0 fully saturated rings. The van der Waals surface area contributed by atoms with Crippen LogP contribution < -0.4 is 0 Å². The lowest BCUT2D eigenvalue weighted by molar-refractivity contribution is -0.00394. The predicted octanol–water partition coefficient (Wildman–Crippen LogP) is 2.27. The molecular weight excluding hydrogens is 226 g/mol. The summed E-state index contributed by atoms with van der Waals surface area (Å²) in [6, 6.07) is 11.4. The summed E-state index contributed by atoms with van der Waals surface area (Å²) in [6.07, 6.45) is 3.42. The van der Waals surface area contributed by atoms with E-state index in [-0.39, 0.29) is 6.61 Å². The molecule has 1 aromatic heterocycles. The fourth-order valence-corrected chi connectivity index (χ4v) is 2.14. The van der Waals surface area contributed by atoms with Crippen molar-refractivity contribution in [2.75, 3.05) is 13.7 Å². The molecule has 18 heavy (non-hydrogen) atoms. The van der Waals surface area contributed by atoms with Crippen LogP contribution in [0.5, 0.6) is 0 Å². The summed E-state index contributed by atoms with van der Waals surface area (Å²) in [5.74, 6) is 0. The molecule has 0 amide bonds. The molecule has 3 heteroatoms. The van der Waals surface area contributed by atoms with Crippen LogP contribution in [0.4, 0.5) is 0 Å². The lowest BCUT2D eigenvalue weighted by Gasteiger charge is -2.29. The molecule has 0 radical (unpaired) electrons. The van der Waals surface area contributed by atoms with E-state index in [1.807, 2.05) is 43.3 Å². The minimum absolute atomic E-state index is 0.198. The van der Waals surface area contributed by atoms with Gasteiger partial charge in [-0.3, -0.25) is 4.98 Å². The molecule has 2 aromatic rings. The van der Waals surface area contributed by atoms with Crippen LogP contribution in [0.3, 0.4) is 0 Å². The zero-order chi connectivity index (χ0) is 13.0. The smallest absolute Gasteiger partial charge is 0.140 e. The fourth-order valence-electron chi connectivity index (χ4n) is 2.14. The Hall–Kier alpha value is -1.71. The molecule has 1 heterocycles. The van der Waals surface area contributed by atoms with Crippen molar-refractivity contribution in [1.29, 1.82) is 0 Å². The Morgan fingerprint density at radius 3 is 2.56 bits per heavy atom. The van der Waals surface area contributed by atoms with Gasteiger partial charge >= 0.3 is 0 Å². The van der Waals surface area contributed by atoms with Crippen LogP contribution in [0, 0.1) is 6.92 Å². The number of ether oxygens (including phenoxy) is 1. The van der Waals surface area contributed by atoms with Crippen LogP contribution in [0.2, 0.25) is 0 Å². The average Bonchev–Trinajstić information content (AvgIpc) is 2.40. The van der Waals surface area contributed by atoms with E-state index in [0.29, 0.717) is 0 Å². The van der Waals surface area contributed by atoms with Gasteiger partial charge in [-0.25, -0.2) is 0 Å². The Balaban J connectivity index is 2.55. The van der Waals surface area contributed by atoms with Crippen LogP contribution in [-0.2, 0) is 10.3 Å². The van der Waals surface area contributed by atoms with Crippen molar-refractivity contribution in [1.82, 2.24) is 4.98 Å². The second-order valence-corrected chi connectivity index (χ2v) is 4.35. The number of hydrogen-bond donors (Lipinski definition) is 1. The van der Waals surface area contributed by atoms with Crippen molar-refractivity contribution in [3.05, 3.63) is 65.5 Å². The Morgan fingerprint density at radius 1 is 1.22 bits per heavy atom. The summed E-state index contributed by atoms with van der Waals surface area (Å²) in [5, 5.41) is 11.0. The van der Waals surface area contributed by atoms with Gasteiger partial charge in [0.25, 0.3) is 0 Å². The molecule has 3 nitrogen and oxygen atoms in total. The quantitative estimate of drug-likeness (QED) is 0.895. The third kappa shape index (κ3) is 2.28. The Labute approximate surface area is 107 Å². The number of nitrogens with zero attached hydrogens (tertiary/aromatic N) is 1. The monoisotopic (exact) mass is 243 g/mol. The van der Waals surface area contributed by atoms with Crippen LogP contribution in [0.25, 0.3) is 0 Å². The first-order chi connectivity index (χ1) is 8.68. The van der Waals surface area contributed by atoms with Gasteiger partial charge in [0.2, 0.25) is 0 Å². The van der Waals surface area contributed by atoms with Crippen LogP contribution in [0.15, 0.2) is 48.8 Å². The highest BCUT2D eigenvalue weighted by molar-refractivity contribution is 5.38. The molecule has 1 atom stereocenters. The zero-order valence-electron chi connectivity index (χ0n) is 10.6. The van der Waals surface area contributed by atoms with Gasteiger partial charge < -0.3 is 9.84 Å². The van der Waals surface area contributed by atoms with Crippen molar-refractivity contribution in [3.63, 3.8) is 0 Å². The maximum atomic E-state index is 11.0. The summed E-state index contributed by atoms with van der Waals surface area (Å²) in [5.41, 5.74) is 1.42. The molecule has 0 aliphatic rings. The normalized spacial score (nSPS) is 14.2. The third-order valence-electron chi connectivity index (χ3n) is 3.09. The molecule has 0 saturated heterocycles. The second kappa shape index (κ2) is 5.29. The molecule has 0 saturated carbocycles. The van der Waals surface area contributed by atoms with Gasteiger partial charge in [-0.05, 0) is 24.1 Å². The Kier molecular flexibility index (Phi) is 3.75. The molecule has 0 aliphatic heterocycles. The Bertz CT molecular complexity index is 513. The lowest BCUT2D eigenvalue weighted by atomic mass is 9.86. The molecule has 0 bridgehead atoms. The first-order valence-electron chi connectivity index (χ1n) is 5.86. The standard InChI is InChI=1S/C15H17NO2/c1-12-8-9-16-10-14(12)15(17,11-18-2)13-6-4-3-5-7-13/h3-10,17H,11H2,1-2H3. The number of aromatic nitrogens is 1. The number of methoxy groups -OCH3 is 1. The van der Waals surface area contributed by atoms with Crippen LogP contribution >= 0.6 is 0 Å². The van der Waals surface area contributed by atoms with Gasteiger partial charge in [-0.2, -0.15) is 0 Å². The highest BCUT2D eigenvalue weighted by Crippen LogP contribution is 2.31. The van der Waals surface area contributed by atoms with Gasteiger partial charge in [-0.1, -0.05) is 30.3 Å². The number of aliphatic hydroxyl groups is 1. The van der Waals surface area contributed by atoms with E-state index in [1.165, 1.54) is 0 Å². The zero-order valence-corrected chi connectivity index (χ0v) is 10.6. The number of pyridine rings is 1. The van der Waals surface area contributed by atoms with Crippen molar-refractivity contribution < 1.29 is 9.84 Å². The van der Waals surface area contributed by atoms with E-state index in [1.54, 1.807) is 19.5 Å². The third-order valence-corrected chi connectivity index (χ3v) is 3.09. The second-order valence-electron chi connectivity index (χ2n) is 4.35. The first-order valence-corrected chi connectivity index (χ1v) is 5.86. The number of hydrogen-bond acceptors (Lipinski definition) is 3. The molecule has 1 N–H and O–H groups in total. The minimum Gasteiger partial charge on any atom is -0.381 e. The van der Waals surface area contributed by atoms with Gasteiger partial charge in [-0.15, -0.1) is 0 Å². The van der Waals surface area contributed by atoms with Crippen LogP contribution in [-0.4, -0.2) is 23.8 Å². The largest absolute Gasteiger partial charge is 0.381 e. The van der Waals surface area contributed by atoms with E-state index in [4.69, 9.17) is 4.74 Å². The molecule has 0 aliphatic carbocycles. The van der Waals surface area contributed by atoms with Crippen molar-refractivity contribution >= 4 is 0 Å². The highest BCUT2D eigenvalue weighted by Gasteiger charge is 2.33. The Morgan fingerprint density at radius 2 is 1.94 bits per heavy atom. The predicted molar refractivity (Wildman–Crippen MR) is 70.3 cm³/mol. The SMILES string of the molecule is COCC(O)(c1ccccc1)c1cnccc1C. The lowest BCUT2D eigenvalue weighted by Crippen LogP contribution is -2.33. The molecule has 94 valence electrons. The number of aryl methyl sites for hydroxylation is 1. The van der Waals surface area contributed by atoms with E-state index in [0.717, 1.165) is 16.7 Å². The average molecular weight is 243 g/mol. The van der Waals surface area contributed by atoms with Crippen molar-refractivity contribution in [2.24, 2.45) is 0 Å². The maximum absolute atomic E-state index is 11.0. The summed E-state index contributed by atoms with van der Waals surface area (Å²) in [4.78, 5) is 4.10.